The molecule has 4 nitrogen and oxygen atoms in total. The van der Waals surface area contributed by atoms with Crippen molar-refractivity contribution in [1.82, 2.24) is 9.78 Å². The summed E-state index contributed by atoms with van der Waals surface area (Å²) in [5.74, 6) is -0.269. The summed E-state index contributed by atoms with van der Waals surface area (Å²) in [6.45, 7) is 3.04. The van der Waals surface area contributed by atoms with Gasteiger partial charge in [0.1, 0.15) is 5.75 Å². The van der Waals surface area contributed by atoms with Crippen LogP contribution in [0.25, 0.3) is 11.1 Å². The molecular weight excluding hydrogens is 307 g/mol. The van der Waals surface area contributed by atoms with Crippen molar-refractivity contribution in [3.63, 3.8) is 0 Å². The Labute approximate surface area is 133 Å². The first-order valence-electron chi connectivity index (χ1n) is 7.54. The fourth-order valence-electron chi connectivity index (χ4n) is 2.30. The molecule has 2 N–H and O–H groups in total. The number of nitrogens with two attached hydrogens (primary N) is 1. The molecule has 0 spiro atoms. The second-order valence-corrected chi connectivity index (χ2v) is 5.32. The highest BCUT2D eigenvalue weighted by molar-refractivity contribution is 5.64. The summed E-state index contributed by atoms with van der Waals surface area (Å²) in [6.07, 6.45) is 1.98. The molecule has 1 aromatic heterocycles. The average Bonchev–Trinajstić information content (AvgIpc) is 2.94. The average molecular weight is 327 g/mol. The zero-order chi connectivity index (χ0) is 16.9. The van der Waals surface area contributed by atoms with E-state index in [1.54, 1.807) is 16.9 Å². The third kappa shape index (κ3) is 5.28. The van der Waals surface area contributed by atoms with Crippen LogP contribution >= 0.6 is 0 Å². The van der Waals surface area contributed by atoms with E-state index in [9.17, 15) is 13.2 Å². The topological polar surface area (TPSA) is 53.1 Å². The molecule has 0 saturated carbocycles. The SMILES string of the molecule is CCCCCn1cc(-c2cc(CN)cc(OC(F)(F)F)c2)cn1. The van der Waals surface area contributed by atoms with Crippen LogP contribution in [0.5, 0.6) is 5.75 Å². The van der Waals surface area contributed by atoms with Gasteiger partial charge >= 0.3 is 6.36 Å². The molecule has 2 rings (SSSR count). The van der Waals surface area contributed by atoms with Crippen molar-refractivity contribution in [3.8, 4) is 16.9 Å². The molecule has 0 bridgehead atoms. The molecule has 2 aromatic rings. The third-order valence-electron chi connectivity index (χ3n) is 3.39. The smallest absolute Gasteiger partial charge is 0.406 e. The predicted octanol–water partition coefficient (Wildman–Crippen LogP) is 4.10. The number of benzene rings is 1. The number of halogens is 3. The molecule has 0 aliphatic rings. The minimum atomic E-state index is -4.73. The number of nitrogens with zero attached hydrogens (tertiary/aromatic N) is 2. The number of ether oxygens (including phenoxy) is 1. The predicted molar refractivity (Wildman–Crippen MR) is 81.8 cm³/mol. The lowest BCUT2D eigenvalue weighted by Gasteiger charge is -2.11. The molecular formula is C16H20F3N3O. The van der Waals surface area contributed by atoms with E-state index in [2.05, 4.69) is 16.8 Å². The van der Waals surface area contributed by atoms with Crippen LogP contribution in [-0.2, 0) is 13.1 Å². The van der Waals surface area contributed by atoms with Gasteiger partial charge in [-0.15, -0.1) is 13.2 Å². The number of hydrogen-bond acceptors (Lipinski definition) is 3. The van der Waals surface area contributed by atoms with Crippen molar-refractivity contribution in [1.29, 1.82) is 0 Å². The van der Waals surface area contributed by atoms with E-state index in [0.717, 1.165) is 31.4 Å². The van der Waals surface area contributed by atoms with E-state index in [1.807, 2.05) is 6.20 Å². The molecule has 7 heteroatoms. The Kier molecular flexibility index (Phi) is 5.65. The number of alkyl halides is 3. The Balaban J connectivity index is 2.22. The van der Waals surface area contributed by atoms with E-state index in [1.165, 1.54) is 12.1 Å². The lowest BCUT2D eigenvalue weighted by Crippen LogP contribution is -2.17. The molecule has 126 valence electrons. The van der Waals surface area contributed by atoms with Crippen molar-refractivity contribution in [3.05, 3.63) is 36.2 Å². The van der Waals surface area contributed by atoms with E-state index >= 15 is 0 Å². The molecule has 1 heterocycles. The van der Waals surface area contributed by atoms with Crippen LogP contribution in [0.15, 0.2) is 30.6 Å². The van der Waals surface area contributed by atoms with Gasteiger partial charge in [-0.1, -0.05) is 19.8 Å². The van der Waals surface area contributed by atoms with E-state index in [-0.39, 0.29) is 12.3 Å². The number of rotatable bonds is 7. The molecule has 0 fully saturated rings. The molecule has 23 heavy (non-hydrogen) atoms. The van der Waals surface area contributed by atoms with Gasteiger partial charge in [0.05, 0.1) is 6.20 Å². The minimum Gasteiger partial charge on any atom is -0.406 e. The molecule has 0 saturated heterocycles. The highest BCUT2D eigenvalue weighted by atomic mass is 19.4. The Morgan fingerprint density at radius 3 is 2.61 bits per heavy atom. The standard InChI is InChI=1S/C16H20F3N3O/c1-2-3-4-5-22-11-14(10-21-22)13-6-12(9-20)7-15(8-13)23-16(17,18)19/h6-8,10-11H,2-5,9,20H2,1H3. The molecule has 0 atom stereocenters. The maximum Gasteiger partial charge on any atom is 0.573 e. The first-order valence-corrected chi connectivity index (χ1v) is 7.54. The van der Waals surface area contributed by atoms with Crippen LogP contribution in [0, 0.1) is 0 Å². The van der Waals surface area contributed by atoms with Gasteiger partial charge in [0, 0.05) is 24.8 Å². The first kappa shape index (κ1) is 17.3. The van der Waals surface area contributed by atoms with Crippen molar-refractivity contribution >= 4 is 0 Å². The zero-order valence-corrected chi connectivity index (χ0v) is 12.9. The lowest BCUT2D eigenvalue weighted by atomic mass is 10.1. The molecule has 1 aromatic carbocycles. The number of aryl methyl sites for hydroxylation is 1. The second kappa shape index (κ2) is 7.50. The van der Waals surface area contributed by atoms with Crippen molar-refractivity contribution in [2.24, 2.45) is 5.73 Å². The van der Waals surface area contributed by atoms with Gasteiger partial charge in [-0.25, -0.2) is 0 Å². The number of hydrogen-bond donors (Lipinski definition) is 1. The third-order valence-corrected chi connectivity index (χ3v) is 3.39. The zero-order valence-electron chi connectivity index (χ0n) is 12.9. The minimum absolute atomic E-state index is 0.132. The van der Waals surface area contributed by atoms with E-state index in [0.29, 0.717) is 11.1 Å². The van der Waals surface area contributed by atoms with Crippen molar-refractivity contribution in [2.45, 2.75) is 45.6 Å². The monoisotopic (exact) mass is 327 g/mol. The highest BCUT2D eigenvalue weighted by Gasteiger charge is 2.31. The Hall–Kier alpha value is -2.02. The van der Waals surface area contributed by atoms with Gasteiger partial charge in [-0.3, -0.25) is 4.68 Å². The van der Waals surface area contributed by atoms with Crippen LogP contribution in [0.4, 0.5) is 13.2 Å². The molecule has 0 aliphatic heterocycles. The fourth-order valence-corrected chi connectivity index (χ4v) is 2.30. The second-order valence-electron chi connectivity index (χ2n) is 5.32. The van der Waals surface area contributed by atoms with Gasteiger partial charge in [0.25, 0.3) is 0 Å². The van der Waals surface area contributed by atoms with Gasteiger partial charge in [-0.05, 0) is 35.7 Å². The largest absolute Gasteiger partial charge is 0.573 e. The van der Waals surface area contributed by atoms with Crippen LogP contribution in [0.3, 0.4) is 0 Å². The van der Waals surface area contributed by atoms with Crippen molar-refractivity contribution in [2.75, 3.05) is 0 Å². The van der Waals surface area contributed by atoms with Crippen LogP contribution in [-0.4, -0.2) is 16.1 Å². The number of aromatic nitrogens is 2. The maximum absolute atomic E-state index is 12.4. The molecule has 0 unspecified atom stereocenters. The molecule has 0 radical (unpaired) electrons. The van der Waals surface area contributed by atoms with Crippen LogP contribution in [0.1, 0.15) is 31.7 Å². The van der Waals surface area contributed by atoms with E-state index in [4.69, 9.17) is 5.73 Å². The van der Waals surface area contributed by atoms with E-state index < -0.39 is 6.36 Å². The Morgan fingerprint density at radius 2 is 1.96 bits per heavy atom. The van der Waals surface area contributed by atoms with Gasteiger partial charge in [-0.2, -0.15) is 5.10 Å². The normalized spacial score (nSPS) is 11.7. The number of unbranched alkanes of at least 4 members (excludes halogenated alkanes) is 2. The summed E-state index contributed by atoms with van der Waals surface area (Å²) < 4.78 is 43.1. The summed E-state index contributed by atoms with van der Waals surface area (Å²) in [5.41, 5.74) is 7.47. The van der Waals surface area contributed by atoms with Crippen molar-refractivity contribution < 1.29 is 17.9 Å². The summed E-state index contributed by atoms with van der Waals surface area (Å²) in [7, 11) is 0. The lowest BCUT2D eigenvalue weighted by molar-refractivity contribution is -0.274. The van der Waals surface area contributed by atoms with Gasteiger partial charge < -0.3 is 10.5 Å². The molecule has 0 aliphatic carbocycles. The van der Waals surface area contributed by atoms with Crippen LogP contribution < -0.4 is 10.5 Å². The van der Waals surface area contributed by atoms with Crippen LogP contribution in [0.2, 0.25) is 0 Å². The highest BCUT2D eigenvalue weighted by Crippen LogP contribution is 2.29. The van der Waals surface area contributed by atoms with Gasteiger partial charge in [0.15, 0.2) is 0 Å². The summed E-state index contributed by atoms with van der Waals surface area (Å²) >= 11 is 0. The fraction of sp³-hybridized carbons (Fsp3) is 0.438. The quantitative estimate of drug-likeness (QED) is 0.779. The van der Waals surface area contributed by atoms with Gasteiger partial charge in [0.2, 0.25) is 0 Å². The molecule has 0 amide bonds. The Morgan fingerprint density at radius 1 is 1.17 bits per heavy atom. The first-order chi connectivity index (χ1) is 10.9. The summed E-state index contributed by atoms with van der Waals surface area (Å²) in [4.78, 5) is 0. The summed E-state index contributed by atoms with van der Waals surface area (Å²) in [6, 6.07) is 4.39. The Bertz CT molecular complexity index is 638. The maximum atomic E-state index is 12.4. The summed E-state index contributed by atoms with van der Waals surface area (Å²) in [5, 5.41) is 4.25.